The van der Waals surface area contributed by atoms with Crippen molar-refractivity contribution < 1.29 is 5.11 Å². The molecule has 3 heteroatoms. The van der Waals surface area contributed by atoms with E-state index < -0.39 is 0 Å². The minimum Gasteiger partial charge on any atom is -0.392 e. The summed E-state index contributed by atoms with van der Waals surface area (Å²) in [6.45, 7) is 3.98. The van der Waals surface area contributed by atoms with Gasteiger partial charge in [-0.1, -0.05) is 18.2 Å². The van der Waals surface area contributed by atoms with Crippen molar-refractivity contribution in [3.8, 4) is 0 Å². The molecule has 0 fully saturated rings. The normalized spacial score (nSPS) is 10.4. The van der Waals surface area contributed by atoms with E-state index in [9.17, 15) is 5.11 Å². The second kappa shape index (κ2) is 5.19. The summed E-state index contributed by atoms with van der Waals surface area (Å²) >= 11 is 0. The van der Waals surface area contributed by atoms with Crippen molar-refractivity contribution in [1.82, 2.24) is 4.98 Å². The Morgan fingerprint density at radius 1 is 1.17 bits per heavy atom. The lowest BCUT2D eigenvalue weighted by Gasteiger charge is -2.22. The van der Waals surface area contributed by atoms with Crippen LogP contribution in [0.25, 0.3) is 0 Å². The number of aromatic nitrogens is 1. The number of aliphatic hydroxyl groups is 1. The molecule has 2 rings (SSSR count). The lowest BCUT2D eigenvalue weighted by molar-refractivity contribution is 0.281. The molecule has 0 radical (unpaired) electrons. The molecule has 94 valence electrons. The Labute approximate surface area is 108 Å². The topological polar surface area (TPSA) is 36.4 Å². The zero-order valence-corrected chi connectivity index (χ0v) is 11.0. The highest BCUT2D eigenvalue weighted by molar-refractivity contribution is 5.63. The van der Waals surface area contributed by atoms with Crippen LogP contribution in [0, 0.1) is 13.8 Å². The van der Waals surface area contributed by atoms with Crippen LogP contribution < -0.4 is 4.90 Å². The maximum Gasteiger partial charge on any atom is 0.138 e. The SMILES string of the molecule is Cc1cc(C)c(CO)c(N(C)c2ccccc2)n1. The molecule has 1 N–H and O–H groups in total. The minimum absolute atomic E-state index is 0.00558. The summed E-state index contributed by atoms with van der Waals surface area (Å²) in [6, 6.07) is 12.0. The zero-order valence-electron chi connectivity index (χ0n) is 11.0. The lowest BCUT2D eigenvalue weighted by atomic mass is 10.1. The number of hydrogen-bond acceptors (Lipinski definition) is 3. The van der Waals surface area contributed by atoms with Crippen molar-refractivity contribution in [2.24, 2.45) is 0 Å². The molecule has 0 aliphatic heterocycles. The van der Waals surface area contributed by atoms with E-state index in [0.717, 1.165) is 28.3 Å². The fourth-order valence-corrected chi connectivity index (χ4v) is 2.09. The van der Waals surface area contributed by atoms with Crippen LogP contribution in [0.3, 0.4) is 0 Å². The third kappa shape index (κ3) is 2.36. The van der Waals surface area contributed by atoms with Crippen LogP contribution in [0.1, 0.15) is 16.8 Å². The van der Waals surface area contributed by atoms with Gasteiger partial charge in [0.2, 0.25) is 0 Å². The summed E-state index contributed by atoms with van der Waals surface area (Å²) in [5, 5.41) is 9.52. The molecule has 0 spiro atoms. The maximum absolute atomic E-state index is 9.52. The van der Waals surface area contributed by atoms with E-state index in [2.05, 4.69) is 4.98 Å². The van der Waals surface area contributed by atoms with Gasteiger partial charge in [-0.15, -0.1) is 0 Å². The molecule has 0 atom stereocenters. The first kappa shape index (κ1) is 12.6. The smallest absolute Gasteiger partial charge is 0.138 e. The Morgan fingerprint density at radius 2 is 1.83 bits per heavy atom. The van der Waals surface area contributed by atoms with Crippen molar-refractivity contribution >= 4 is 11.5 Å². The Morgan fingerprint density at radius 3 is 2.44 bits per heavy atom. The van der Waals surface area contributed by atoms with E-state index in [-0.39, 0.29) is 6.61 Å². The maximum atomic E-state index is 9.52. The number of hydrogen-bond donors (Lipinski definition) is 1. The summed E-state index contributed by atoms with van der Waals surface area (Å²) in [5.41, 5.74) is 3.97. The molecule has 0 bridgehead atoms. The van der Waals surface area contributed by atoms with Crippen LogP contribution in [-0.2, 0) is 6.61 Å². The fraction of sp³-hybridized carbons (Fsp3) is 0.267. The number of para-hydroxylation sites is 1. The zero-order chi connectivity index (χ0) is 13.1. The third-order valence-corrected chi connectivity index (χ3v) is 3.07. The highest BCUT2D eigenvalue weighted by Gasteiger charge is 2.13. The quantitative estimate of drug-likeness (QED) is 0.899. The molecular weight excluding hydrogens is 224 g/mol. The number of benzene rings is 1. The first-order valence-corrected chi connectivity index (χ1v) is 6.00. The summed E-state index contributed by atoms with van der Waals surface area (Å²) in [6.07, 6.45) is 0. The van der Waals surface area contributed by atoms with Gasteiger partial charge in [0.05, 0.1) is 6.61 Å². The Hall–Kier alpha value is -1.87. The van der Waals surface area contributed by atoms with Gasteiger partial charge in [-0.2, -0.15) is 0 Å². The molecule has 18 heavy (non-hydrogen) atoms. The van der Waals surface area contributed by atoms with Gasteiger partial charge < -0.3 is 10.0 Å². The van der Waals surface area contributed by atoms with Crippen molar-refractivity contribution in [3.63, 3.8) is 0 Å². The van der Waals surface area contributed by atoms with Crippen LogP contribution in [0.2, 0.25) is 0 Å². The predicted octanol–water partition coefficient (Wildman–Crippen LogP) is 2.96. The van der Waals surface area contributed by atoms with E-state index in [1.807, 2.05) is 62.2 Å². The van der Waals surface area contributed by atoms with Crippen molar-refractivity contribution in [1.29, 1.82) is 0 Å². The molecule has 1 heterocycles. The molecular formula is C15H18N2O. The molecule has 1 aromatic heterocycles. The summed E-state index contributed by atoms with van der Waals surface area (Å²) < 4.78 is 0. The number of nitrogens with zero attached hydrogens (tertiary/aromatic N) is 2. The van der Waals surface area contributed by atoms with Crippen molar-refractivity contribution in [3.05, 3.63) is 53.2 Å². The molecule has 1 aromatic carbocycles. The van der Waals surface area contributed by atoms with Crippen LogP contribution in [0.5, 0.6) is 0 Å². The molecule has 0 amide bonds. The van der Waals surface area contributed by atoms with Crippen molar-refractivity contribution in [2.75, 3.05) is 11.9 Å². The van der Waals surface area contributed by atoms with Gasteiger partial charge in [0.25, 0.3) is 0 Å². The number of aliphatic hydroxyl groups excluding tert-OH is 1. The number of aryl methyl sites for hydroxylation is 2. The second-order valence-electron chi connectivity index (χ2n) is 4.44. The van der Waals surface area contributed by atoms with Crippen LogP contribution in [-0.4, -0.2) is 17.1 Å². The summed E-state index contributed by atoms with van der Waals surface area (Å²) in [4.78, 5) is 6.55. The predicted molar refractivity (Wildman–Crippen MR) is 74.1 cm³/mol. The molecule has 0 aliphatic carbocycles. The monoisotopic (exact) mass is 242 g/mol. The van der Waals surface area contributed by atoms with Gasteiger partial charge in [0.1, 0.15) is 5.82 Å². The van der Waals surface area contributed by atoms with Crippen LogP contribution in [0.4, 0.5) is 11.5 Å². The highest BCUT2D eigenvalue weighted by atomic mass is 16.3. The Balaban J connectivity index is 2.50. The summed E-state index contributed by atoms with van der Waals surface area (Å²) in [5.74, 6) is 0.821. The van der Waals surface area contributed by atoms with E-state index in [4.69, 9.17) is 0 Å². The van der Waals surface area contributed by atoms with E-state index in [0.29, 0.717) is 0 Å². The van der Waals surface area contributed by atoms with Crippen LogP contribution >= 0.6 is 0 Å². The van der Waals surface area contributed by atoms with E-state index in [1.54, 1.807) is 0 Å². The lowest BCUT2D eigenvalue weighted by Crippen LogP contribution is -2.15. The minimum atomic E-state index is 0.00558. The standard InChI is InChI=1S/C15H18N2O/c1-11-9-12(2)16-15(14(11)10-18)17(3)13-7-5-4-6-8-13/h4-9,18H,10H2,1-3H3. The second-order valence-corrected chi connectivity index (χ2v) is 4.44. The van der Waals surface area contributed by atoms with E-state index >= 15 is 0 Å². The Kier molecular flexibility index (Phi) is 3.63. The Bertz CT molecular complexity index is 538. The molecule has 0 unspecified atom stereocenters. The fourth-order valence-electron chi connectivity index (χ4n) is 2.09. The molecule has 0 aliphatic rings. The van der Waals surface area contributed by atoms with Gasteiger partial charge in [-0.3, -0.25) is 0 Å². The van der Waals surface area contributed by atoms with Gasteiger partial charge >= 0.3 is 0 Å². The molecule has 3 nitrogen and oxygen atoms in total. The average Bonchev–Trinajstić information content (AvgIpc) is 2.38. The van der Waals surface area contributed by atoms with E-state index in [1.165, 1.54) is 0 Å². The van der Waals surface area contributed by atoms with Gasteiger partial charge in [-0.05, 0) is 37.6 Å². The highest BCUT2D eigenvalue weighted by Crippen LogP contribution is 2.27. The third-order valence-electron chi connectivity index (χ3n) is 3.07. The number of rotatable bonds is 3. The van der Waals surface area contributed by atoms with Gasteiger partial charge in [0, 0.05) is 24.0 Å². The average molecular weight is 242 g/mol. The van der Waals surface area contributed by atoms with Crippen LogP contribution in [0.15, 0.2) is 36.4 Å². The molecule has 0 saturated heterocycles. The first-order chi connectivity index (χ1) is 8.63. The number of anilines is 2. The first-order valence-electron chi connectivity index (χ1n) is 6.00. The van der Waals surface area contributed by atoms with Gasteiger partial charge in [-0.25, -0.2) is 4.98 Å². The molecule has 0 saturated carbocycles. The van der Waals surface area contributed by atoms with Crippen molar-refractivity contribution in [2.45, 2.75) is 20.5 Å². The molecule has 2 aromatic rings. The van der Waals surface area contributed by atoms with Gasteiger partial charge in [0.15, 0.2) is 0 Å². The summed E-state index contributed by atoms with van der Waals surface area (Å²) in [7, 11) is 1.97. The largest absolute Gasteiger partial charge is 0.392 e. The number of pyridine rings is 1.